The zero-order chi connectivity index (χ0) is 12.5. The molecule has 0 saturated carbocycles. The minimum absolute atomic E-state index is 0.180. The Morgan fingerprint density at radius 2 is 2.47 bits per heavy atom. The largest absolute Gasteiger partial charge is 0.492 e. The molecule has 0 amide bonds. The van der Waals surface area contributed by atoms with E-state index < -0.39 is 6.10 Å². The van der Waals surface area contributed by atoms with Gasteiger partial charge in [-0.2, -0.15) is 0 Å². The summed E-state index contributed by atoms with van der Waals surface area (Å²) >= 11 is 0. The highest BCUT2D eigenvalue weighted by Gasteiger charge is 2.19. The molecule has 0 aliphatic carbocycles. The van der Waals surface area contributed by atoms with Gasteiger partial charge >= 0.3 is 0 Å². The van der Waals surface area contributed by atoms with Crippen LogP contribution in [-0.4, -0.2) is 17.3 Å². The van der Waals surface area contributed by atoms with E-state index in [0.29, 0.717) is 6.42 Å². The number of allylic oxidation sites excluding steroid dienone is 4. The Morgan fingerprint density at radius 3 is 3.18 bits per heavy atom. The van der Waals surface area contributed by atoms with Crippen LogP contribution in [0.25, 0.3) is 0 Å². The van der Waals surface area contributed by atoms with Gasteiger partial charge in [0.2, 0.25) is 0 Å². The van der Waals surface area contributed by atoms with Crippen LogP contribution in [0.3, 0.4) is 0 Å². The van der Waals surface area contributed by atoms with E-state index >= 15 is 0 Å². The SMILES string of the molecule is C#CC=CC[C@@H](O)[C@H]1CC=CCC=C(CC)O1. The van der Waals surface area contributed by atoms with Gasteiger partial charge in [0.05, 0.1) is 11.9 Å². The molecule has 1 aliphatic rings. The Hall–Kier alpha value is -1.46. The van der Waals surface area contributed by atoms with E-state index in [9.17, 15) is 5.11 Å². The summed E-state index contributed by atoms with van der Waals surface area (Å²) in [4.78, 5) is 0. The Labute approximate surface area is 104 Å². The zero-order valence-electron chi connectivity index (χ0n) is 10.3. The van der Waals surface area contributed by atoms with E-state index in [2.05, 4.69) is 31.1 Å². The van der Waals surface area contributed by atoms with Gasteiger partial charge in [0.25, 0.3) is 0 Å². The lowest BCUT2D eigenvalue weighted by molar-refractivity contribution is -0.00307. The number of rotatable bonds is 4. The molecule has 0 aromatic heterocycles. The number of hydrogen-bond donors (Lipinski definition) is 1. The molecule has 1 heterocycles. The molecule has 0 bridgehead atoms. The maximum atomic E-state index is 10.0. The van der Waals surface area contributed by atoms with Gasteiger partial charge in [-0.1, -0.05) is 31.1 Å². The number of terminal acetylenes is 1. The molecule has 0 fully saturated rings. The third-order valence-electron chi connectivity index (χ3n) is 2.69. The van der Waals surface area contributed by atoms with E-state index in [4.69, 9.17) is 11.2 Å². The predicted molar refractivity (Wildman–Crippen MR) is 70.2 cm³/mol. The van der Waals surface area contributed by atoms with Gasteiger partial charge in [0, 0.05) is 12.8 Å². The average Bonchev–Trinajstić information content (AvgIpc) is 2.29. The lowest BCUT2D eigenvalue weighted by Gasteiger charge is -2.24. The lowest BCUT2D eigenvalue weighted by Crippen LogP contribution is -2.28. The first-order valence-corrected chi connectivity index (χ1v) is 6.07. The van der Waals surface area contributed by atoms with Gasteiger partial charge < -0.3 is 9.84 Å². The van der Waals surface area contributed by atoms with Crippen LogP contribution in [0.15, 0.2) is 36.1 Å². The van der Waals surface area contributed by atoms with Crippen molar-refractivity contribution >= 4 is 0 Å². The van der Waals surface area contributed by atoms with Crippen molar-refractivity contribution in [3.8, 4) is 12.3 Å². The number of hydrogen-bond acceptors (Lipinski definition) is 2. The molecule has 1 N–H and O–H groups in total. The summed E-state index contributed by atoms with van der Waals surface area (Å²) in [6.07, 6.45) is 17.1. The van der Waals surface area contributed by atoms with Crippen LogP contribution < -0.4 is 0 Å². The average molecular weight is 232 g/mol. The molecule has 92 valence electrons. The quantitative estimate of drug-likeness (QED) is 0.596. The molecule has 2 heteroatoms. The highest BCUT2D eigenvalue weighted by atomic mass is 16.5. The van der Waals surface area contributed by atoms with Gasteiger partial charge in [-0.15, -0.1) is 6.42 Å². The molecule has 0 aromatic carbocycles. The summed E-state index contributed by atoms with van der Waals surface area (Å²) in [5.41, 5.74) is 0. The van der Waals surface area contributed by atoms with Crippen LogP contribution in [0.4, 0.5) is 0 Å². The molecular formula is C15H20O2. The van der Waals surface area contributed by atoms with Crippen molar-refractivity contribution in [3.63, 3.8) is 0 Å². The summed E-state index contributed by atoms with van der Waals surface area (Å²) in [5, 5.41) is 10.0. The third kappa shape index (κ3) is 4.93. The molecule has 0 radical (unpaired) electrons. The third-order valence-corrected chi connectivity index (χ3v) is 2.69. The number of ether oxygens (including phenoxy) is 1. The lowest BCUT2D eigenvalue weighted by atomic mass is 10.1. The molecule has 0 spiro atoms. The standard InChI is InChI=1S/C15H20O2/c1-3-5-7-11-14(16)15-12-9-6-8-10-13(4-2)17-15/h1,5-7,9-10,14-16H,4,8,11-12H2,2H3/t14-,15-/m1/s1. The van der Waals surface area contributed by atoms with Crippen molar-refractivity contribution in [1.82, 2.24) is 0 Å². The molecule has 1 aliphatic heterocycles. The molecule has 2 nitrogen and oxygen atoms in total. The highest BCUT2D eigenvalue weighted by molar-refractivity contribution is 5.09. The van der Waals surface area contributed by atoms with Crippen LogP contribution >= 0.6 is 0 Å². The van der Waals surface area contributed by atoms with Gasteiger partial charge in [0.15, 0.2) is 0 Å². The van der Waals surface area contributed by atoms with Gasteiger partial charge in [-0.3, -0.25) is 0 Å². The van der Waals surface area contributed by atoms with Crippen molar-refractivity contribution in [2.45, 2.75) is 44.8 Å². The van der Waals surface area contributed by atoms with Crippen molar-refractivity contribution in [2.24, 2.45) is 0 Å². The van der Waals surface area contributed by atoms with Crippen LogP contribution in [0.1, 0.15) is 32.6 Å². The highest BCUT2D eigenvalue weighted by Crippen LogP contribution is 2.18. The fraction of sp³-hybridized carbons (Fsp3) is 0.467. The molecule has 0 unspecified atom stereocenters. The predicted octanol–water partition coefficient (Wildman–Crippen LogP) is 2.96. The van der Waals surface area contributed by atoms with E-state index in [0.717, 1.165) is 25.0 Å². The minimum atomic E-state index is -0.516. The Morgan fingerprint density at radius 1 is 1.65 bits per heavy atom. The molecule has 0 saturated heterocycles. The van der Waals surface area contributed by atoms with Crippen molar-refractivity contribution in [1.29, 1.82) is 0 Å². The molecular weight excluding hydrogens is 212 g/mol. The summed E-state index contributed by atoms with van der Waals surface area (Å²) < 4.78 is 5.81. The van der Waals surface area contributed by atoms with Gasteiger partial charge in [0.1, 0.15) is 6.10 Å². The second kappa shape index (κ2) is 7.76. The van der Waals surface area contributed by atoms with Crippen LogP contribution in [0, 0.1) is 12.3 Å². The van der Waals surface area contributed by atoms with E-state index in [1.807, 2.05) is 0 Å². The van der Waals surface area contributed by atoms with Crippen molar-refractivity contribution in [2.75, 3.05) is 0 Å². The topological polar surface area (TPSA) is 29.5 Å². The fourth-order valence-electron chi connectivity index (χ4n) is 1.71. The summed E-state index contributed by atoms with van der Waals surface area (Å²) in [6, 6.07) is 0. The van der Waals surface area contributed by atoms with Crippen LogP contribution in [0.5, 0.6) is 0 Å². The first kappa shape index (κ1) is 13.6. The summed E-state index contributed by atoms with van der Waals surface area (Å²) in [5.74, 6) is 3.37. The summed E-state index contributed by atoms with van der Waals surface area (Å²) in [6.45, 7) is 2.05. The van der Waals surface area contributed by atoms with E-state index in [-0.39, 0.29) is 6.10 Å². The second-order valence-electron chi connectivity index (χ2n) is 4.00. The fourth-order valence-corrected chi connectivity index (χ4v) is 1.71. The number of aliphatic hydroxyl groups is 1. The molecule has 1 rings (SSSR count). The zero-order valence-corrected chi connectivity index (χ0v) is 10.3. The van der Waals surface area contributed by atoms with Crippen molar-refractivity contribution in [3.05, 3.63) is 36.1 Å². The Balaban J connectivity index is 2.58. The Bertz CT molecular complexity index is 344. The van der Waals surface area contributed by atoms with Crippen molar-refractivity contribution < 1.29 is 9.84 Å². The van der Waals surface area contributed by atoms with Gasteiger partial charge in [-0.25, -0.2) is 0 Å². The van der Waals surface area contributed by atoms with Gasteiger partial charge in [-0.05, 0) is 25.0 Å². The van der Waals surface area contributed by atoms with Crippen LogP contribution in [0.2, 0.25) is 0 Å². The molecule has 0 aromatic rings. The summed E-state index contributed by atoms with van der Waals surface area (Å²) in [7, 11) is 0. The Kier molecular flexibility index (Phi) is 6.21. The monoisotopic (exact) mass is 232 g/mol. The first-order chi connectivity index (χ1) is 8.27. The normalized spacial score (nSPS) is 22.2. The van der Waals surface area contributed by atoms with E-state index in [1.165, 1.54) is 0 Å². The second-order valence-corrected chi connectivity index (χ2v) is 4.00. The smallest absolute Gasteiger partial charge is 0.128 e. The van der Waals surface area contributed by atoms with E-state index in [1.54, 1.807) is 12.2 Å². The maximum absolute atomic E-state index is 10.0. The number of aliphatic hydroxyl groups excluding tert-OH is 1. The maximum Gasteiger partial charge on any atom is 0.128 e. The first-order valence-electron chi connectivity index (χ1n) is 6.07. The minimum Gasteiger partial charge on any atom is -0.492 e. The molecule has 2 atom stereocenters. The van der Waals surface area contributed by atoms with Crippen LogP contribution in [-0.2, 0) is 4.74 Å². The molecule has 17 heavy (non-hydrogen) atoms.